The Morgan fingerprint density at radius 3 is 2.71 bits per heavy atom. The van der Waals surface area contributed by atoms with Crippen LogP contribution >= 0.6 is 0 Å². The van der Waals surface area contributed by atoms with Crippen LogP contribution in [0.2, 0.25) is 0 Å². The first-order chi connectivity index (χ1) is 6.39. The van der Waals surface area contributed by atoms with Crippen LogP contribution in [0, 0.1) is 0 Å². The molecule has 1 heterocycles. The summed E-state index contributed by atoms with van der Waals surface area (Å²) in [5.41, 5.74) is -0.755. The largest absolute Gasteiger partial charge is 0.413 e. The van der Waals surface area contributed by atoms with E-state index in [0.29, 0.717) is 0 Å². The Morgan fingerprint density at radius 1 is 1.57 bits per heavy atom. The molecule has 0 radical (unpaired) electrons. The number of rotatable bonds is 2. The highest BCUT2D eigenvalue weighted by atomic mass is 32.2. The molecule has 1 atom stereocenters. The molecule has 82 valence electrons. The molecule has 4 nitrogen and oxygen atoms in total. The van der Waals surface area contributed by atoms with Crippen molar-refractivity contribution in [2.75, 3.05) is 13.1 Å². The fourth-order valence-electron chi connectivity index (χ4n) is 1.08. The molecule has 0 spiro atoms. The second-order valence-electron chi connectivity index (χ2n) is 2.67. The summed E-state index contributed by atoms with van der Waals surface area (Å²) in [5, 5.41) is 0.818. The molecule has 0 aromatic rings. The maximum Gasteiger partial charge on any atom is 0.413 e. The zero-order valence-electron chi connectivity index (χ0n) is 6.95. The van der Waals surface area contributed by atoms with Gasteiger partial charge in [0.05, 0.1) is 6.54 Å². The van der Waals surface area contributed by atoms with E-state index in [4.69, 9.17) is 4.55 Å². The van der Waals surface area contributed by atoms with Gasteiger partial charge in [-0.15, -0.1) is 0 Å². The molecule has 0 aliphatic carbocycles. The van der Waals surface area contributed by atoms with Crippen molar-refractivity contribution in [1.29, 1.82) is 0 Å². The molecule has 1 aliphatic heterocycles. The van der Waals surface area contributed by atoms with Gasteiger partial charge in [-0.25, -0.2) is 0 Å². The molecule has 0 saturated carbocycles. The van der Waals surface area contributed by atoms with Crippen molar-refractivity contribution in [3.8, 4) is 0 Å². The van der Waals surface area contributed by atoms with Gasteiger partial charge in [-0.2, -0.15) is 26.7 Å². The first kappa shape index (κ1) is 11.6. The summed E-state index contributed by atoms with van der Waals surface area (Å²) in [6.45, 7) is -0.346. The van der Waals surface area contributed by atoms with Gasteiger partial charge in [0.15, 0.2) is 0 Å². The minimum absolute atomic E-state index is 0.145. The van der Waals surface area contributed by atoms with E-state index >= 15 is 0 Å². The van der Waals surface area contributed by atoms with Crippen molar-refractivity contribution in [2.45, 2.75) is 12.6 Å². The molecule has 14 heavy (non-hydrogen) atoms. The highest BCUT2D eigenvalue weighted by molar-refractivity contribution is 7.74. The average Bonchev–Trinajstić information content (AvgIpc) is 2.01. The summed E-state index contributed by atoms with van der Waals surface area (Å²) in [5.74, 6) is 0. The van der Waals surface area contributed by atoms with Crippen molar-refractivity contribution in [3.05, 3.63) is 11.6 Å². The molecule has 0 bridgehead atoms. The van der Waals surface area contributed by atoms with Crippen LogP contribution in [0.4, 0.5) is 13.2 Å². The van der Waals surface area contributed by atoms with Crippen LogP contribution < -0.4 is 0 Å². The van der Waals surface area contributed by atoms with Crippen LogP contribution in [-0.2, 0) is 15.6 Å². The van der Waals surface area contributed by atoms with Gasteiger partial charge in [0, 0.05) is 12.1 Å². The van der Waals surface area contributed by atoms with Gasteiger partial charge in [-0.05, 0) is 6.42 Å². The minimum atomic E-state index is -4.40. The second-order valence-corrected chi connectivity index (χ2v) is 3.25. The molecule has 1 aliphatic rings. The highest BCUT2D eigenvalue weighted by Crippen LogP contribution is 2.28. The standard InChI is InChI=1S/C6H8F3NO3S/c7-6(8,9)5-2-1-3-10(4-5)13-14(11)12/h2H,1,3-4H2,(H,11,12). The smallest absolute Gasteiger partial charge is 0.283 e. The SMILES string of the molecule is O=S(O)ON1CCC=C(C(F)(F)F)C1. The van der Waals surface area contributed by atoms with E-state index in [1.807, 2.05) is 0 Å². The van der Waals surface area contributed by atoms with Gasteiger partial charge < -0.3 is 0 Å². The van der Waals surface area contributed by atoms with E-state index in [-0.39, 0.29) is 13.0 Å². The van der Waals surface area contributed by atoms with E-state index in [1.165, 1.54) is 0 Å². The quantitative estimate of drug-likeness (QED) is 0.574. The van der Waals surface area contributed by atoms with Gasteiger partial charge in [0.25, 0.3) is 0 Å². The summed E-state index contributed by atoms with van der Waals surface area (Å²) < 4.78 is 59.2. The molecule has 0 aromatic carbocycles. The van der Waals surface area contributed by atoms with Crippen LogP contribution in [-0.4, -0.2) is 33.1 Å². The summed E-state index contributed by atoms with van der Waals surface area (Å²) in [4.78, 5) is 0. The Hall–Kier alpha value is -0.440. The van der Waals surface area contributed by atoms with Crippen LogP contribution in [0.1, 0.15) is 6.42 Å². The lowest BCUT2D eigenvalue weighted by Gasteiger charge is -2.25. The second kappa shape index (κ2) is 4.39. The summed E-state index contributed by atoms with van der Waals surface area (Å²) in [6.07, 6.45) is -3.20. The topological polar surface area (TPSA) is 49.8 Å². The van der Waals surface area contributed by atoms with Gasteiger partial charge >= 0.3 is 17.5 Å². The molecule has 1 N–H and O–H groups in total. The minimum Gasteiger partial charge on any atom is -0.283 e. The fraction of sp³-hybridized carbons (Fsp3) is 0.667. The molecule has 0 amide bonds. The number of hydrogen-bond acceptors (Lipinski definition) is 3. The Balaban J connectivity index is 2.58. The fourth-order valence-corrected chi connectivity index (χ4v) is 1.38. The van der Waals surface area contributed by atoms with E-state index in [0.717, 1.165) is 11.1 Å². The predicted octanol–water partition coefficient (Wildman–Crippen LogP) is 1.25. The predicted molar refractivity (Wildman–Crippen MR) is 42.2 cm³/mol. The molecular weight excluding hydrogens is 223 g/mol. The summed E-state index contributed by atoms with van der Waals surface area (Å²) >= 11 is -2.57. The number of alkyl halides is 3. The van der Waals surface area contributed by atoms with Crippen molar-refractivity contribution in [2.24, 2.45) is 0 Å². The Kier molecular flexibility index (Phi) is 3.65. The van der Waals surface area contributed by atoms with Crippen molar-refractivity contribution in [1.82, 2.24) is 5.06 Å². The third-order valence-electron chi connectivity index (χ3n) is 1.65. The lowest BCUT2D eigenvalue weighted by Crippen LogP contribution is -2.35. The van der Waals surface area contributed by atoms with E-state index in [2.05, 4.69) is 4.28 Å². The number of hydrogen-bond donors (Lipinski definition) is 1. The summed E-state index contributed by atoms with van der Waals surface area (Å²) in [7, 11) is 0. The molecule has 1 unspecified atom stereocenters. The molecular formula is C6H8F3NO3S. The highest BCUT2D eigenvalue weighted by Gasteiger charge is 2.36. The molecule has 0 fully saturated rings. The monoisotopic (exact) mass is 231 g/mol. The number of hydroxylamine groups is 2. The van der Waals surface area contributed by atoms with E-state index < -0.39 is 29.7 Å². The first-order valence-corrected chi connectivity index (χ1v) is 4.73. The number of nitrogens with zero attached hydrogens (tertiary/aromatic N) is 1. The van der Waals surface area contributed by atoms with Gasteiger partial charge in [-0.3, -0.25) is 4.55 Å². The maximum absolute atomic E-state index is 12.2. The zero-order valence-corrected chi connectivity index (χ0v) is 7.77. The van der Waals surface area contributed by atoms with Gasteiger partial charge in [0.2, 0.25) is 0 Å². The van der Waals surface area contributed by atoms with Crippen molar-refractivity contribution in [3.63, 3.8) is 0 Å². The van der Waals surface area contributed by atoms with Gasteiger partial charge in [-0.1, -0.05) is 6.08 Å². The van der Waals surface area contributed by atoms with Crippen LogP contribution in [0.15, 0.2) is 11.6 Å². The molecule has 1 rings (SSSR count). The van der Waals surface area contributed by atoms with E-state index in [1.54, 1.807) is 0 Å². The lowest BCUT2D eigenvalue weighted by molar-refractivity contribution is -0.117. The van der Waals surface area contributed by atoms with Gasteiger partial charge in [0.1, 0.15) is 0 Å². The molecule has 8 heteroatoms. The number of halogens is 3. The third-order valence-corrected chi connectivity index (χ3v) is 1.99. The van der Waals surface area contributed by atoms with Crippen molar-refractivity contribution >= 4 is 11.4 Å². The first-order valence-electron chi connectivity index (χ1n) is 3.70. The zero-order chi connectivity index (χ0) is 10.8. The summed E-state index contributed by atoms with van der Waals surface area (Å²) in [6, 6.07) is 0. The normalized spacial score (nSPS) is 21.9. The maximum atomic E-state index is 12.2. The Labute approximate surface area is 80.8 Å². The van der Waals surface area contributed by atoms with Crippen molar-refractivity contribution < 1.29 is 26.2 Å². The van der Waals surface area contributed by atoms with Crippen LogP contribution in [0.25, 0.3) is 0 Å². The Morgan fingerprint density at radius 2 is 2.21 bits per heavy atom. The molecule has 0 aromatic heterocycles. The average molecular weight is 231 g/mol. The molecule has 0 saturated heterocycles. The van der Waals surface area contributed by atoms with Crippen LogP contribution in [0.5, 0.6) is 0 Å². The third kappa shape index (κ3) is 3.37. The van der Waals surface area contributed by atoms with E-state index in [9.17, 15) is 17.4 Å². The lowest BCUT2D eigenvalue weighted by atomic mass is 10.1. The van der Waals surface area contributed by atoms with Crippen LogP contribution in [0.3, 0.4) is 0 Å². The Bertz CT molecular complexity index is 266.